The number of carbonyl (C=O) groups excluding carboxylic acids is 1. The van der Waals surface area contributed by atoms with Crippen LogP contribution in [0, 0.1) is 0 Å². The van der Waals surface area contributed by atoms with Gasteiger partial charge in [-0.2, -0.15) is 0 Å². The van der Waals surface area contributed by atoms with Crippen LogP contribution in [0.25, 0.3) is 0 Å². The van der Waals surface area contributed by atoms with E-state index in [-0.39, 0.29) is 0 Å². The minimum absolute atomic E-state index is 0.777. The Bertz CT molecular complexity index is 321. The summed E-state index contributed by atoms with van der Waals surface area (Å²) in [6.45, 7) is 2.27. The van der Waals surface area contributed by atoms with Gasteiger partial charge in [0.1, 0.15) is 6.29 Å². The minimum Gasteiger partial charge on any atom is -0.299 e. The molecule has 0 saturated carbocycles. The maximum absolute atomic E-state index is 10.0. The van der Waals surface area contributed by atoms with Crippen LogP contribution < -0.4 is 0 Å². The quantitative estimate of drug-likeness (QED) is 0.158. The highest BCUT2D eigenvalue weighted by atomic mass is 16.1. The molecular formula is C20H32O. The highest BCUT2D eigenvalue weighted by Gasteiger charge is 1.90. The zero-order chi connectivity index (χ0) is 15.4. The van der Waals surface area contributed by atoms with Gasteiger partial charge in [0.25, 0.3) is 0 Å². The van der Waals surface area contributed by atoms with Crippen LogP contribution in [0.15, 0.2) is 48.6 Å². The molecule has 0 aliphatic rings. The normalized spacial score (nSPS) is 12.4. The Morgan fingerprint density at radius 1 is 0.571 bits per heavy atom. The number of aldehydes is 1. The average molecular weight is 288 g/mol. The fourth-order valence-corrected chi connectivity index (χ4v) is 2.11. The van der Waals surface area contributed by atoms with E-state index in [1.54, 1.807) is 6.08 Å². The maximum Gasteiger partial charge on any atom is 0.142 e. The summed E-state index contributed by atoms with van der Waals surface area (Å²) in [7, 11) is 0. The summed E-state index contributed by atoms with van der Waals surface area (Å²) in [5.41, 5.74) is 0. The molecule has 1 heteroatoms. The zero-order valence-corrected chi connectivity index (χ0v) is 13.7. The molecule has 0 amide bonds. The van der Waals surface area contributed by atoms with Crippen LogP contribution >= 0.6 is 0 Å². The molecule has 0 aromatic rings. The van der Waals surface area contributed by atoms with Gasteiger partial charge in [-0.1, -0.05) is 101 Å². The van der Waals surface area contributed by atoms with Crippen LogP contribution in [0.4, 0.5) is 0 Å². The van der Waals surface area contributed by atoms with E-state index in [0.717, 1.165) is 6.29 Å². The molecule has 0 heterocycles. The van der Waals surface area contributed by atoms with E-state index < -0.39 is 0 Å². The van der Waals surface area contributed by atoms with Crippen molar-refractivity contribution in [3.8, 4) is 0 Å². The first-order valence-corrected chi connectivity index (χ1v) is 8.52. The zero-order valence-electron chi connectivity index (χ0n) is 13.7. The van der Waals surface area contributed by atoms with Gasteiger partial charge in [0, 0.05) is 0 Å². The third-order valence-electron chi connectivity index (χ3n) is 3.36. The van der Waals surface area contributed by atoms with Crippen molar-refractivity contribution >= 4 is 6.29 Å². The molecule has 0 bridgehead atoms. The predicted molar refractivity (Wildman–Crippen MR) is 94.5 cm³/mol. The molecule has 21 heavy (non-hydrogen) atoms. The Hall–Kier alpha value is -1.37. The number of rotatable bonds is 14. The Balaban J connectivity index is 3.28. The largest absolute Gasteiger partial charge is 0.299 e. The van der Waals surface area contributed by atoms with Gasteiger partial charge < -0.3 is 0 Å². The van der Waals surface area contributed by atoms with E-state index in [4.69, 9.17) is 0 Å². The highest BCUT2D eigenvalue weighted by molar-refractivity contribution is 5.65. The molecule has 0 atom stereocenters. The summed E-state index contributed by atoms with van der Waals surface area (Å²) < 4.78 is 0. The number of unbranched alkanes of at least 4 members (excludes halogenated alkanes) is 9. The smallest absolute Gasteiger partial charge is 0.142 e. The van der Waals surface area contributed by atoms with Gasteiger partial charge in [-0.15, -0.1) is 0 Å². The van der Waals surface area contributed by atoms with Gasteiger partial charge in [0.2, 0.25) is 0 Å². The topological polar surface area (TPSA) is 17.1 Å². The van der Waals surface area contributed by atoms with Crippen molar-refractivity contribution in [3.05, 3.63) is 48.6 Å². The molecular weight excluding hydrogens is 256 g/mol. The molecule has 0 aliphatic heterocycles. The molecule has 0 aliphatic carbocycles. The van der Waals surface area contributed by atoms with Crippen LogP contribution in [-0.2, 0) is 4.79 Å². The summed E-state index contributed by atoms with van der Waals surface area (Å²) >= 11 is 0. The lowest BCUT2D eigenvalue weighted by Gasteiger charge is -2.00. The minimum atomic E-state index is 0.777. The molecule has 0 fully saturated rings. The highest BCUT2D eigenvalue weighted by Crippen LogP contribution is 2.10. The maximum atomic E-state index is 10.0. The third kappa shape index (κ3) is 18.6. The summed E-state index contributed by atoms with van der Waals surface area (Å²) in [5, 5.41) is 0. The first-order chi connectivity index (χ1) is 10.4. The van der Waals surface area contributed by atoms with Gasteiger partial charge in [-0.3, -0.25) is 4.79 Å². The van der Waals surface area contributed by atoms with Crippen molar-refractivity contribution in [1.29, 1.82) is 0 Å². The van der Waals surface area contributed by atoms with Gasteiger partial charge >= 0.3 is 0 Å². The molecule has 0 saturated heterocycles. The van der Waals surface area contributed by atoms with E-state index in [1.165, 1.54) is 70.3 Å². The number of hydrogen-bond acceptors (Lipinski definition) is 1. The standard InChI is InChI=1S/C20H32O/c1-2-3-4-5-6-7-8-9-10-11-12-13-14-15-16-17-18-19-20-21/h12-20H,2-11H2,1H3/b13-12-,15-14+,17-16-,19-18+. The van der Waals surface area contributed by atoms with Crippen molar-refractivity contribution in [3.63, 3.8) is 0 Å². The summed E-state index contributed by atoms with van der Waals surface area (Å²) in [5.74, 6) is 0. The second kappa shape index (κ2) is 18.6. The average Bonchev–Trinajstić information content (AvgIpc) is 2.50. The van der Waals surface area contributed by atoms with E-state index in [0.29, 0.717) is 0 Å². The van der Waals surface area contributed by atoms with E-state index >= 15 is 0 Å². The fraction of sp³-hybridized carbons (Fsp3) is 0.550. The van der Waals surface area contributed by atoms with E-state index in [1.807, 2.05) is 24.3 Å². The first kappa shape index (κ1) is 19.6. The second-order valence-electron chi connectivity index (χ2n) is 5.34. The molecule has 0 aromatic heterocycles. The van der Waals surface area contributed by atoms with Gasteiger partial charge in [-0.05, 0) is 18.9 Å². The second-order valence-corrected chi connectivity index (χ2v) is 5.34. The predicted octanol–water partition coefficient (Wildman–Crippen LogP) is 6.33. The Kier molecular flexibility index (Phi) is 17.4. The third-order valence-corrected chi connectivity index (χ3v) is 3.36. The molecule has 0 spiro atoms. The molecule has 1 nitrogen and oxygen atoms in total. The summed E-state index contributed by atoms with van der Waals surface area (Å²) in [6, 6.07) is 0. The van der Waals surface area contributed by atoms with Crippen LogP contribution in [0.5, 0.6) is 0 Å². The van der Waals surface area contributed by atoms with E-state index in [9.17, 15) is 4.79 Å². The Morgan fingerprint density at radius 3 is 1.62 bits per heavy atom. The molecule has 0 rings (SSSR count). The lowest BCUT2D eigenvalue weighted by atomic mass is 10.1. The number of hydrogen-bond donors (Lipinski definition) is 0. The molecule has 0 radical (unpaired) electrons. The molecule has 118 valence electrons. The van der Waals surface area contributed by atoms with Crippen molar-refractivity contribution < 1.29 is 4.79 Å². The van der Waals surface area contributed by atoms with Crippen LogP contribution in [0.2, 0.25) is 0 Å². The van der Waals surface area contributed by atoms with Crippen LogP contribution in [-0.4, -0.2) is 6.29 Å². The lowest BCUT2D eigenvalue weighted by Crippen LogP contribution is -1.80. The SMILES string of the molecule is CCCCCCCCCCC\C=C/C=C/C=C\C=C\C=O. The Labute approximate surface area is 131 Å². The van der Waals surface area contributed by atoms with Crippen LogP contribution in [0.3, 0.4) is 0 Å². The van der Waals surface area contributed by atoms with Crippen molar-refractivity contribution in [2.75, 3.05) is 0 Å². The monoisotopic (exact) mass is 288 g/mol. The first-order valence-electron chi connectivity index (χ1n) is 8.52. The molecule has 0 aromatic carbocycles. The Morgan fingerprint density at radius 2 is 1.05 bits per heavy atom. The fourth-order valence-electron chi connectivity index (χ4n) is 2.11. The molecule has 0 unspecified atom stereocenters. The van der Waals surface area contributed by atoms with Gasteiger partial charge in [-0.25, -0.2) is 0 Å². The van der Waals surface area contributed by atoms with Crippen molar-refractivity contribution in [2.45, 2.75) is 71.1 Å². The van der Waals surface area contributed by atoms with Crippen molar-refractivity contribution in [2.24, 2.45) is 0 Å². The molecule has 0 N–H and O–H groups in total. The van der Waals surface area contributed by atoms with E-state index in [2.05, 4.69) is 19.1 Å². The van der Waals surface area contributed by atoms with Gasteiger partial charge in [0.15, 0.2) is 0 Å². The number of carbonyl (C=O) groups is 1. The van der Waals surface area contributed by atoms with Crippen LogP contribution in [0.1, 0.15) is 71.1 Å². The van der Waals surface area contributed by atoms with Crippen molar-refractivity contribution in [1.82, 2.24) is 0 Å². The lowest BCUT2D eigenvalue weighted by molar-refractivity contribution is -0.104. The number of allylic oxidation sites excluding steroid dienone is 8. The summed E-state index contributed by atoms with van der Waals surface area (Å²) in [6.07, 6.45) is 29.7. The van der Waals surface area contributed by atoms with Gasteiger partial charge in [0.05, 0.1) is 0 Å². The summed E-state index contributed by atoms with van der Waals surface area (Å²) in [4.78, 5) is 10.0.